The Labute approximate surface area is 179 Å². The van der Waals surface area contributed by atoms with Crippen molar-refractivity contribution in [2.45, 2.75) is 50.4 Å². The molecular weight excluding hydrogens is 404 g/mol. The number of benzene rings is 1. The molecule has 1 aromatic heterocycles. The Morgan fingerprint density at radius 2 is 2.07 bits per heavy atom. The van der Waals surface area contributed by atoms with E-state index in [0.717, 1.165) is 12.8 Å². The summed E-state index contributed by atoms with van der Waals surface area (Å²) in [6.07, 6.45) is 2.59. The number of rotatable bonds is 9. The number of carbonyl (C=O) groups excluding carboxylic acids is 2. The van der Waals surface area contributed by atoms with Crippen LogP contribution in [0.2, 0.25) is 0 Å². The van der Waals surface area contributed by atoms with Crippen LogP contribution in [-0.2, 0) is 20.9 Å². The first-order chi connectivity index (χ1) is 14.5. The molecule has 8 nitrogen and oxygen atoms in total. The monoisotopic (exact) mass is 432 g/mol. The molecule has 0 aliphatic carbocycles. The number of carbonyl (C=O) groups is 2. The van der Waals surface area contributed by atoms with E-state index >= 15 is 0 Å². The van der Waals surface area contributed by atoms with Gasteiger partial charge in [0.1, 0.15) is 0 Å². The SMILES string of the molecule is CC1CN(C(=O)CSc2nc3ccccc3c(=O)n2CCCCCC(N)=O)CCO1. The van der Waals surface area contributed by atoms with E-state index in [1.54, 1.807) is 15.5 Å². The van der Waals surface area contributed by atoms with E-state index in [0.29, 0.717) is 55.1 Å². The van der Waals surface area contributed by atoms with Crippen molar-refractivity contribution < 1.29 is 14.3 Å². The summed E-state index contributed by atoms with van der Waals surface area (Å²) in [6, 6.07) is 7.24. The lowest BCUT2D eigenvalue weighted by Gasteiger charge is -2.31. The summed E-state index contributed by atoms with van der Waals surface area (Å²) in [5.41, 5.74) is 5.70. The summed E-state index contributed by atoms with van der Waals surface area (Å²) < 4.78 is 7.14. The van der Waals surface area contributed by atoms with Crippen molar-refractivity contribution in [1.82, 2.24) is 14.5 Å². The zero-order valence-electron chi connectivity index (χ0n) is 17.2. The molecule has 0 radical (unpaired) electrons. The molecule has 1 atom stereocenters. The molecule has 2 amide bonds. The number of ether oxygens (including phenoxy) is 1. The average molecular weight is 433 g/mol. The van der Waals surface area contributed by atoms with Crippen LogP contribution in [0.1, 0.15) is 32.6 Å². The molecule has 162 valence electrons. The van der Waals surface area contributed by atoms with Gasteiger partial charge >= 0.3 is 0 Å². The first-order valence-electron chi connectivity index (χ1n) is 10.3. The van der Waals surface area contributed by atoms with Gasteiger partial charge < -0.3 is 15.4 Å². The highest BCUT2D eigenvalue weighted by Crippen LogP contribution is 2.20. The maximum Gasteiger partial charge on any atom is 0.262 e. The van der Waals surface area contributed by atoms with E-state index < -0.39 is 0 Å². The fourth-order valence-electron chi connectivity index (χ4n) is 3.46. The Bertz CT molecular complexity index is 962. The maximum atomic E-state index is 13.0. The van der Waals surface area contributed by atoms with Crippen molar-refractivity contribution in [1.29, 1.82) is 0 Å². The van der Waals surface area contributed by atoms with Crippen LogP contribution in [-0.4, -0.2) is 57.8 Å². The van der Waals surface area contributed by atoms with E-state index in [-0.39, 0.29) is 29.2 Å². The summed E-state index contributed by atoms with van der Waals surface area (Å²) in [5.74, 6) is -0.0728. The molecule has 1 aromatic carbocycles. The Morgan fingerprint density at radius 3 is 2.83 bits per heavy atom. The summed E-state index contributed by atoms with van der Waals surface area (Å²) in [4.78, 5) is 43.0. The zero-order valence-corrected chi connectivity index (χ0v) is 18.0. The van der Waals surface area contributed by atoms with Gasteiger partial charge in [-0.3, -0.25) is 19.0 Å². The van der Waals surface area contributed by atoms with Gasteiger partial charge in [0.15, 0.2) is 5.16 Å². The van der Waals surface area contributed by atoms with Crippen LogP contribution in [0.25, 0.3) is 10.9 Å². The predicted molar refractivity (Wildman–Crippen MR) is 116 cm³/mol. The lowest BCUT2D eigenvalue weighted by atomic mass is 10.2. The van der Waals surface area contributed by atoms with Crippen LogP contribution in [0.5, 0.6) is 0 Å². The van der Waals surface area contributed by atoms with Gasteiger partial charge in [-0.25, -0.2) is 4.98 Å². The van der Waals surface area contributed by atoms with Gasteiger partial charge in [-0.15, -0.1) is 0 Å². The van der Waals surface area contributed by atoms with Crippen LogP contribution >= 0.6 is 11.8 Å². The van der Waals surface area contributed by atoms with Crippen LogP contribution < -0.4 is 11.3 Å². The molecule has 30 heavy (non-hydrogen) atoms. The minimum Gasteiger partial charge on any atom is -0.375 e. The van der Waals surface area contributed by atoms with Crippen LogP contribution in [0.4, 0.5) is 0 Å². The molecule has 0 bridgehead atoms. The number of morpholine rings is 1. The Kier molecular flexibility index (Phi) is 7.87. The second kappa shape index (κ2) is 10.6. The first-order valence-corrected chi connectivity index (χ1v) is 11.2. The number of hydrogen-bond donors (Lipinski definition) is 1. The molecule has 9 heteroatoms. The quantitative estimate of drug-likeness (QED) is 0.368. The van der Waals surface area contributed by atoms with Gasteiger partial charge in [0.25, 0.3) is 5.56 Å². The average Bonchev–Trinajstić information content (AvgIpc) is 2.73. The standard InChI is InChI=1S/C21H28N4O4S/c1-15-13-24(11-12-29-15)19(27)14-30-21-23-17-8-5-4-7-16(17)20(28)25(21)10-6-2-3-9-18(22)26/h4-5,7-8,15H,2-3,6,9-14H2,1H3,(H2,22,26). The second-order valence-corrected chi connectivity index (χ2v) is 8.40. The Balaban J connectivity index is 1.73. The van der Waals surface area contributed by atoms with Gasteiger partial charge in [-0.05, 0) is 31.9 Å². The molecule has 3 rings (SSSR count). The van der Waals surface area contributed by atoms with Gasteiger partial charge in [0, 0.05) is 26.1 Å². The molecule has 0 spiro atoms. The van der Waals surface area contributed by atoms with Crippen molar-refractivity contribution in [2.24, 2.45) is 5.73 Å². The van der Waals surface area contributed by atoms with Crippen molar-refractivity contribution in [3.63, 3.8) is 0 Å². The van der Waals surface area contributed by atoms with Gasteiger partial charge in [-0.2, -0.15) is 0 Å². The van der Waals surface area contributed by atoms with Gasteiger partial charge in [-0.1, -0.05) is 30.3 Å². The highest BCUT2D eigenvalue weighted by molar-refractivity contribution is 7.99. The fourth-order valence-corrected chi connectivity index (χ4v) is 4.39. The number of unbranched alkanes of at least 4 members (excludes halogenated alkanes) is 2. The lowest BCUT2D eigenvalue weighted by molar-refractivity contribution is -0.135. The number of thioether (sulfide) groups is 1. The zero-order chi connectivity index (χ0) is 21.5. The molecule has 1 fully saturated rings. The van der Waals surface area contributed by atoms with Crippen molar-refractivity contribution >= 4 is 34.5 Å². The third-order valence-corrected chi connectivity index (χ3v) is 6.01. The molecule has 2 heterocycles. The van der Waals surface area contributed by atoms with E-state index in [2.05, 4.69) is 4.98 Å². The molecule has 1 unspecified atom stereocenters. The minimum absolute atomic E-state index is 0.0190. The maximum absolute atomic E-state index is 13.0. The second-order valence-electron chi connectivity index (χ2n) is 7.46. The third kappa shape index (κ3) is 5.82. The third-order valence-electron chi connectivity index (χ3n) is 5.05. The number of primary amides is 1. The largest absolute Gasteiger partial charge is 0.375 e. The summed E-state index contributed by atoms with van der Waals surface area (Å²) in [7, 11) is 0. The van der Waals surface area contributed by atoms with E-state index in [4.69, 9.17) is 10.5 Å². The van der Waals surface area contributed by atoms with E-state index in [1.807, 2.05) is 25.1 Å². The first kappa shape index (κ1) is 22.3. The summed E-state index contributed by atoms with van der Waals surface area (Å²) in [6.45, 7) is 4.15. The van der Waals surface area contributed by atoms with Crippen LogP contribution in [0.15, 0.2) is 34.2 Å². The predicted octanol–water partition coefficient (Wildman–Crippen LogP) is 1.78. The van der Waals surface area contributed by atoms with Crippen molar-refractivity contribution in [2.75, 3.05) is 25.4 Å². The summed E-state index contributed by atoms with van der Waals surface area (Å²) in [5, 5.41) is 1.11. The number of aromatic nitrogens is 2. The number of nitrogens with two attached hydrogens (primary N) is 1. The minimum atomic E-state index is -0.313. The van der Waals surface area contributed by atoms with E-state index in [9.17, 15) is 14.4 Å². The highest BCUT2D eigenvalue weighted by atomic mass is 32.2. The molecule has 1 aliphatic rings. The highest BCUT2D eigenvalue weighted by Gasteiger charge is 2.22. The topological polar surface area (TPSA) is 108 Å². The molecule has 2 N–H and O–H groups in total. The molecule has 2 aromatic rings. The normalized spacial score (nSPS) is 16.7. The van der Waals surface area contributed by atoms with Gasteiger partial charge in [0.2, 0.25) is 11.8 Å². The Morgan fingerprint density at radius 1 is 1.27 bits per heavy atom. The van der Waals surface area contributed by atoms with E-state index in [1.165, 1.54) is 11.8 Å². The fraction of sp³-hybridized carbons (Fsp3) is 0.524. The molecule has 1 aliphatic heterocycles. The van der Waals surface area contributed by atoms with Crippen LogP contribution in [0.3, 0.4) is 0 Å². The molecule has 1 saturated heterocycles. The number of amides is 2. The molecule has 0 saturated carbocycles. The number of hydrogen-bond acceptors (Lipinski definition) is 6. The molecular formula is C21H28N4O4S. The van der Waals surface area contributed by atoms with Crippen molar-refractivity contribution in [3.05, 3.63) is 34.6 Å². The number of para-hydroxylation sites is 1. The lowest BCUT2D eigenvalue weighted by Crippen LogP contribution is -2.45. The summed E-state index contributed by atoms with van der Waals surface area (Å²) >= 11 is 1.29. The Hall–Kier alpha value is -2.39. The van der Waals surface area contributed by atoms with Gasteiger partial charge in [0.05, 0.1) is 29.4 Å². The smallest absolute Gasteiger partial charge is 0.262 e. The number of fused-ring (bicyclic) bond motifs is 1. The van der Waals surface area contributed by atoms with Crippen molar-refractivity contribution in [3.8, 4) is 0 Å². The number of nitrogens with zero attached hydrogens (tertiary/aromatic N) is 3. The van der Waals surface area contributed by atoms with Crippen LogP contribution in [0, 0.1) is 0 Å².